The minimum atomic E-state index is 0.309. The van der Waals surface area contributed by atoms with E-state index in [1.165, 1.54) is 96.4 Å². The van der Waals surface area contributed by atoms with Crippen LogP contribution in [0.3, 0.4) is 0 Å². The molecule has 0 spiro atoms. The van der Waals surface area contributed by atoms with Crippen LogP contribution in [0.2, 0.25) is 0 Å². The Morgan fingerprint density at radius 3 is 1.32 bits per heavy atom. The molecule has 0 amide bonds. The van der Waals surface area contributed by atoms with Crippen LogP contribution in [-0.2, 0) is 0 Å². The zero-order valence-corrected chi connectivity index (χ0v) is 18.4. The molecule has 25 heavy (non-hydrogen) atoms. The molecule has 0 aromatic carbocycles. The predicted octanol–water partition coefficient (Wildman–Crippen LogP) is 6.56. The average molecular weight is 357 g/mol. The van der Waals surface area contributed by atoms with Crippen LogP contribution < -0.4 is 0 Å². The molecule has 0 radical (unpaired) electrons. The Balaban J connectivity index is 3.41. The predicted molar refractivity (Wildman–Crippen MR) is 113 cm³/mol. The van der Waals surface area contributed by atoms with Crippen LogP contribution in [0.4, 0.5) is 0 Å². The van der Waals surface area contributed by atoms with E-state index in [1.807, 2.05) is 0 Å². The Kier molecular flexibility index (Phi) is 16.1. The molecule has 0 aliphatic heterocycles. The number of hydrogen-bond donors (Lipinski definition) is 1. The van der Waals surface area contributed by atoms with Gasteiger partial charge in [-0.1, -0.05) is 97.8 Å². The van der Waals surface area contributed by atoms with E-state index in [0.717, 1.165) is 4.48 Å². The fourth-order valence-corrected chi connectivity index (χ4v) is 4.12. The normalized spacial score (nSPS) is 13.6. The van der Waals surface area contributed by atoms with Crippen molar-refractivity contribution in [1.29, 1.82) is 0 Å². The van der Waals surface area contributed by atoms with Gasteiger partial charge in [-0.25, -0.2) is 0 Å². The van der Waals surface area contributed by atoms with Gasteiger partial charge < -0.3 is 9.59 Å². The van der Waals surface area contributed by atoms with Gasteiger partial charge in [0.05, 0.1) is 27.2 Å². The molecule has 1 atom stereocenters. The third kappa shape index (κ3) is 13.7. The van der Waals surface area contributed by atoms with Gasteiger partial charge in [0.15, 0.2) is 0 Å². The number of aliphatic hydroxyl groups excluding tert-OH is 1. The Morgan fingerprint density at radius 2 is 1.00 bits per heavy atom. The maximum Gasteiger partial charge on any atom is 0.114 e. The second-order valence-corrected chi connectivity index (χ2v) is 9.09. The molecule has 0 aliphatic carbocycles. The molecule has 152 valence electrons. The van der Waals surface area contributed by atoms with Crippen molar-refractivity contribution in [3.8, 4) is 0 Å². The minimum absolute atomic E-state index is 0.309. The summed E-state index contributed by atoms with van der Waals surface area (Å²) in [5.41, 5.74) is 0. The lowest BCUT2D eigenvalue weighted by Gasteiger charge is -2.39. The molecular formula is C23H50NO+. The van der Waals surface area contributed by atoms with Crippen LogP contribution in [-0.4, -0.2) is 42.9 Å². The SMILES string of the molecule is CCCCCCCCCCCCCCCC[N+](C)(C)[C@H](CO)C(C)C. The van der Waals surface area contributed by atoms with Crippen LogP contribution in [0.1, 0.15) is 111 Å². The largest absolute Gasteiger partial charge is 0.390 e. The Labute approximate surface area is 160 Å². The second-order valence-electron chi connectivity index (χ2n) is 9.09. The first-order chi connectivity index (χ1) is 12.0. The van der Waals surface area contributed by atoms with E-state index < -0.39 is 0 Å². The third-order valence-electron chi connectivity index (χ3n) is 5.94. The van der Waals surface area contributed by atoms with E-state index in [0.29, 0.717) is 18.6 Å². The molecule has 0 aromatic heterocycles. The molecule has 0 saturated carbocycles. The number of aliphatic hydroxyl groups is 1. The monoisotopic (exact) mass is 356 g/mol. The van der Waals surface area contributed by atoms with E-state index in [2.05, 4.69) is 34.9 Å². The first kappa shape index (κ1) is 24.9. The molecule has 0 bridgehead atoms. The Morgan fingerprint density at radius 1 is 0.640 bits per heavy atom. The molecule has 2 nitrogen and oxygen atoms in total. The van der Waals surface area contributed by atoms with Crippen LogP contribution in [0.5, 0.6) is 0 Å². The average Bonchev–Trinajstić information content (AvgIpc) is 2.55. The van der Waals surface area contributed by atoms with E-state index in [1.54, 1.807) is 0 Å². The van der Waals surface area contributed by atoms with Crippen molar-refractivity contribution < 1.29 is 9.59 Å². The minimum Gasteiger partial charge on any atom is -0.390 e. The van der Waals surface area contributed by atoms with Crippen molar-refractivity contribution in [2.45, 2.75) is 117 Å². The fourth-order valence-electron chi connectivity index (χ4n) is 4.12. The maximum atomic E-state index is 9.63. The molecular weight excluding hydrogens is 306 g/mol. The summed E-state index contributed by atoms with van der Waals surface area (Å²) < 4.78 is 0.965. The van der Waals surface area contributed by atoms with Gasteiger partial charge in [0.25, 0.3) is 0 Å². The third-order valence-corrected chi connectivity index (χ3v) is 5.94. The zero-order valence-electron chi connectivity index (χ0n) is 18.4. The molecule has 0 aliphatic rings. The van der Waals surface area contributed by atoms with Gasteiger partial charge in [0, 0.05) is 5.92 Å². The van der Waals surface area contributed by atoms with Crippen molar-refractivity contribution in [2.75, 3.05) is 27.2 Å². The molecule has 0 fully saturated rings. The summed E-state index contributed by atoms with van der Waals surface area (Å²) in [7, 11) is 4.56. The summed E-state index contributed by atoms with van der Waals surface area (Å²) in [6.45, 7) is 8.25. The number of quaternary nitrogens is 1. The fraction of sp³-hybridized carbons (Fsp3) is 1.00. The highest BCUT2D eigenvalue weighted by Gasteiger charge is 2.29. The summed E-state index contributed by atoms with van der Waals surface area (Å²) in [4.78, 5) is 0. The van der Waals surface area contributed by atoms with Crippen molar-refractivity contribution in [3.05, 3.63) is 0 Å². The number of likely N-dealkylation sites (N-methyl/N-ethyl adjacent to an activating group) is 1. The first-order valence-electron chi connectivity index (χ1n) is 11.4. The Hall–Kier alpha value is -0.0800. The number of nitrogens with zero attached hydrogens (tertiary/aromatic N) is 1. The summed E-state index contributed by atoms with van der Waals surface area (Å²) in [6.07, 6.45) is 19.8. The highest BCUT2D eigenvalue weighted by atomic mass is 16.3. The number of rotatable bonds is 18. The lowest BCUT2D eigenvalue weighted by molar-refractivity contribution is -0.919. The van der Waals surface area contributed by atoms with Crippen LogP contribution in [0.25, 0.3) is 0 Å². The summed E-state index contributed by atoms with van der Waals surface area (Å²) in [5, 5.41) is 9.63. The summed E-state index contributed by atoms with van der Waals surface area (Å²) >= 11 is 0. The van der Waals surface area contributed by atoms with Gasteiger partial charge in [-0.15, -0.1) is 0 Å². The van der Waals surface area contributed by atoms with Gasteiger partial charge in [0.1, 0.15) is 6.04 Å². The molecule has 0 unspecified atom stereocenters. The van der Waals surface area contributed by atoms with Gasteiger partial charge in [-0.05, 0) is 12.8 Å². The van der Waals surface area contributed by atoms with Crippen molar-refractivity contribution in [1.82, 2.24) is 0 Å². The second kappa shape index (κ2) is 16.1. The first-order valence-corrected chi connectivity index (χ1v) is 11.4. The molecule has 0 heterocycles. The molecule has 0 rings (SSSR count). The van der Waals surface area contributed by atoms with E-state index in [-0.39, 0.29) is 0 Å². The van der Waals surface area contributed by atoms with Crippen molar-refractivity contribution in [2.24, 2.45) is 5.92 Å². The van der Waals surface area contributed by atoms with Gasteiger partial charge in [-0.3, -0.25) is 0 Å². The van der Waals surface area contributed by atoms with E-state index in [4.69, 9.17) is 0 Å². The number of hydrogen-bond acceptors (Lipinski definition) is 1. The van der Waals surface area contributed by atoms with Crippen molar-refractivity contribution >= 4 is 0 Å². The quantitative estimate of drug-likeness (QED) is 0.218. The molecule has 2 heteroatoms. The molecule has 0 saturated heterocycles. The highest BCUT2D eigenvalue weighted by molar-refractivity contribution is 4.61. The number of unbranched alkanes of at least 4 members (excludes halogenated alkanes) is 13. The Bertz CT molecular complexity index is 275. The summed E-state index contributed by atoms with van der Waals surface area (Å²) in [6, 6.07) is 0.377. The lowest BCUT2D eigenvalue weighted by Crippen LogP contribution is -2.53. The van der Waals surface area contributed by atoms with E-state index >= 15 is 0 Å². The zero-order chi connectivity index (χ0) is 19.0. The van der Waals surface area contributed by atoms with Gasteiger partial charge >= 0.3 is 0 Å². The topological polar surface area (TPSA) is 20.2 Å². The van der Waals surface area contributed by atoms with E-state index in [9.17, 15) is 5.11 Å². The molecule has 1 N–H and O–H groups in total. The van der Waals surface area contributed by atoms with Crippen LogP contribution in [0, 0.1) is 5.92 Å². The highest BCUT2D eigenvalue weighted by Crippen LogP contribution is 2.18. The van der Waals surface area contributed by atoms with Crippen LogP contribution >= 0.6 is 0 Å². The van der Waals surface area contributed by atoms with Crippen LogP contribution in [0.15, 0.2) is 0 Å². The van der Waals surface area contributed by atoms with Gasteiger partial charge in [-0.2, -0.15) is 0 Å². The smallest absolute Gasteiger partial charge is 0.114 e. The summed E-state index contributed by atoms with van der Waals surface area (Å²) in [5.74, 6) is 0.548. The maximum absolute atomic E-state index is 9.63. The van der Waals surface area contributed by atoms with Gasteiger partial charge in [0.2, 0.25) is 0 Å². The lowest BCUT2D eigenvalue weighted by atomic mass is 10.0. The van der Waals surface area contributed by atoms with Crippen molar-refractivity contribution in [3.63, 3.8) is 0 Å². The molecule has 0 aromatic rings. The standard InChI is InChI=1S/C23H50NO/c1-6-7-8-9-10-11-12-13-14-15-16-17-18-19-20-24(4,5)23(21-25)22(2)3/h22-23,25H,6-21H2,1-5H3/q+1/t23-/m1/s1.